The Balaban J connectivity index is 0.00000324. The van der Waals surface area contributed by atoms with Gasteiger partial charge in [0.15, 0.2) is 0 Å². The maximum Gasteiger partial charge on any atom is 0.342 e. The molecule has 1 aromatic rings. The van der Waals surface area contributed by atoms with Gasteiger partial charge in [0.2, 0.25) is 6.17 Å². The summed E-state index contributed by atoms with van der Waals surface area (Å²) in [7, 11) is 0. The highest BCUT2D eigenvalue weighted by atomic mass is 35.5. The average molecular weight is 298 g/mol. The fraction of sp³-hybridized carbons (Fsp3) is 0.417. The zero-order valence-electron chi connectivity index (χ0n) is 10.5. The van der Waals surface area contributed by atoms with Crippen molar-refractivity contribution in [1.82, 2.24) is 0 Å². The summed E-state index contributed by atoms with van der Waals surface area (Å²) in [6.07, 6.45) is -2.31. The molecule has 2 atom stereocenters. The van der Waals surface area contributed by atoms with Crippen LogP contribution in [0.25, 0.3) is 0 Å². The van der Waals surface area contributed by atoms with E-state index in [9.17, 15) is 18.0 Å². The standard InChI is InChI=1S/C12H14F3NO2.ClH/c1-3-18-12(17)10(15)11(16)8-7(13)5-4-6(2)9(8)14;/h4-5,10-11H,3,16H2,1-2H3;1H/t10?,11-;/m1./s1. The van der Waals surface area contributed by atoms with Crippen molar-refractivity contribution in [3.05, 3.63) is 34.9 Å². The molecular formula is C12H15ClF3NO2. The number of halogens is 4. The number of hydrogen-bond donors (Lipinski definition) is 1. The second-order valence-corrected chi connectivity index (χ2v) is 3.77. The molecule has 1 unspecified atom stereocenters. The highest BCUT2D eigenvalue weighted by Crippen LogP contribution is 2.25. The van der Waals surface area contributed by atoms with E-state index in [1.54, 1.807) is 0 Å². The van der Waals surface area contributed by atoms with Crippen molar-refractivity contribution in [2.75, 3.05) is 6.61 Å². The maximum atomic E-state index is 13.7. The maximum absolute atomic E-state index is 13.7. The van der Waals surface area contributed by atoms with Gasteiger partial charge in [-0.3, -0.25) is 0 Å². The molecule has 0 heterocycles. The van der Waals surface area contributed by atoms with Gasteiger partial charge in [-0.2, -0.15) is 0 Å². The van der Waals surface area contributed by atoms with Crippen LogP contribution in [0.4, 0.5) is 13.2 Å². The van der Waals surface area contributed by atoms with Gasteiger partial charge in [0, 0.05) is 5.56 Å². The second kappa shape index (κ2) is 7.35. The molecule has 0 amide bonds. The molecule has 108 valence electrons. The summed E-state index contributed by atoms with van der Waals surface area (Å²) < 4.78 is 45.2. The molecule has 1 aromatic carbocycles. The molecule has 0 aliphatic heterocycles. The van der Waals surface area contributed by atoms with Gasteiger partial charge in [-0.05, 0) is 25.5 Å². The molecule has 0 radical (unpaired) electrons. The van der Waals surface area contributed by atoms with E-state index in [1.807, 2.05) is 0 Å². The number of benzene rings is 1. The number of alkyl halides is 1. The zero-order valence-corrected chi connectivity index (χ0v) is 11.3. The first-order chi connectivity index (χ1) is 8.40. The number of hydrogen-bond acceptors (Lipinski definition) is 3. The number of nitrogens with two attached hydrogens (primary N) is 1. The lowest BCUT2D eigenvalue weighted by molar-refractivity contribution is -0.150. The molecule has 2 N–H and O–H groups in total. The largest absolute Gasteiger partial charge is 0.464 e. The van der Waals surface area contributed by atoms with Crippen LogP contribution in [-0.4, -0.2) is 18.7 Å². The molecular weight excluding hydrogens is 283 g/mol. The summed E-state index contributed by atoms with van der Waals surface area (Å²) in [5.41, 5.74) is 4.86. The minimum absolute atomic E-state index is 0. The number of carbonyl (C=O) groups is 1. The summed E-state index contributed by atoms with van der Waals surface area (Å²) in [6, 6.07) is 0.452. The Labute approximate surface area is 115 Å². The summed E-state index contributed by atoms with van der Waals surface area (Å²) in [5, 5.41) is 0. The van der Waals surface area contributed by atoms with Gasteiger partial charge >= 0.3 is 5.97 Å². The van der Waals surface area contributed by atoms with Crippen molar-refractivity contribution in [1.29, 1.82) is 0 Å². The summed E-state index contributed by atoms with van der Waals surface area (Å²) in [6.45, 7) is 2.84. The van der Waals surface area contributed by atoms with Crippen molar-refractivity contribution >= 4 is 18.4 Å². The molecule has 0 bridgehead atoms. The predicted octanol–water partition coefficient (Wildman–Crippen LogP) is 2.60. The number of carbonyl (C=O) groups excluding carboxylic acids is 1. The molecule has 0 fully saturated rings. The quantitative estimate of drug-likeness (QED) is 0.869. The van der Waals surface area contributed by atoms with Crippen molar-refractivity contribution < 1.29 is 22.7 Å². The molecule has 0 saturated carbocycles. The molecule has 1 rings (SSSR count). The van der Waals surface area contributed by atoms with E-state index in [0.29, 0.717) is 0 Å². The van der Waals surface area contributed by atoms with Crippen LogP contribution in [0.15, 0.2) is 12.1 Å². The number of ether oxygens (including phenoxy) is 1. The Morgan fingerprint density at radius 3 is 2.53 bits per heavy atom. The Morgan fingerprint density at radius 1 is 1.42 bits per heavy atom. The number of esters is 1. The molecule has 19 heavy (non-hydrogen) atoms. The van der Waals surface area contributed by atoms with Gasteiger partial charge in [0.25, 0.3) is 0 Å². The van der Waals surface area contributed by atoms with E-state index in [1.165, 1.54) is 19.9 Å². The molecule has 0 spiro atoms. The van der Waals surface area contributed by atoms with Gasteiger partial charge in [-0.1, -0.05) is 6.07 Å². The fourth-order valence-electron chi connectivity index (χ4n) is 1.50. The van der Waals surface area contributed by atoms with Crippen LogP contribution in [0.3, 0.4) is 0 Å². The third-order valence-corrected chi connectivity index (χ3v) is 2.48. The van der Waals surface area contributed by atoms with Crippen LogP contribution >= 0.6 is 12.4 Å². The minimum Gasteiger partial charge on any atom is -0.464 e. The van der Waals surface area contributed by atoms with Crippen LogP contribution in [-0.2, 0) is 9.53 Å². The van der Waals surface area contributed by atoms with Crippen molar-refractivity contribution in [3.8, 4) is 0 Å². The Hall–Kier alpha value is -1.27. The Kier molecular flexibility index (Phi) is 6.86. The van der Waals surface area contributed by atoms with Gasteiger partial charge in [0.1, 0.15) is 11.6 Å². The Morgan fingerprint density at radius 2 is 2.00 bits per heavy atom. The third-order valence-electron chi connectivity index (χ3n) is 2.48. The monoisotopic (exact) mass is 297 g/mol. The first kappa shape index (κ1) is 17.7. The third kappa shape index (κ3) is 3.84. The summed E-state index contributed by atoms with van der Waals surface area (Å²) >= 11 is 0. The molecule has 3 nitrogen and oxygen atoms in total. The highest BCUT2D eigenvalue weighted by molar-refractivity contribution is 5.85. The van der Waals surface area contributed by atoms with E-state index >= 15 is 0 Å². The second-order valence-electron chi connectivity index (χ2n) is 3.77. The molecule has 0 aromatic heterocycles. The Bertz CT molecular complexity index is 457. The summed E-state index contributed by atoms with van der Waals surface area (Å²) in [5.74, 6) is -3.17. The lowest BCUT2D eigenvalue weighted by atomic mass is 9.99. The van der Waals surface area contributed by atoms with E-state index in [0.717, 1.165) is 6.07 Å². The predicted molar refractivity (Wildman–Crippen MR) is 66.8 cm³/mol. The lowest BCUT2D eigenvalue weighted by Crippen LogP contribution is -2.33. The van der Waals surface area contributed by atoms with E-state index in [-0.39, 0.29) is 24.6 Å². The zero-order chi connectivity index (χ0) is 13.9. The first-order valence-electron chi connectivity index (χ1n) is 5.40. The minimum atomic E-state index is -2.31. The van der Waals surface area contributed by atoms with Crippen molar-refractivity contribution in [3.63, 3.8) is 0 Å². The van der Waals surface area contributed by atoms with Gasteiger partial charge in [-0.15, -0.1) is 12.4 Å². The summed E-state index contributed by atoms with van der Waals surface area (Å²) in [4.78, 5) is 11.1. The van der Waals surface area contributed by atoms with Crippen LogP contribution in [0.1, 0.15) is 24.1 Å². The van der Waals surface area contributed by atoms with Crippen molar-refractivity contribution in [2.45, 2.75) is 26.1 Å². The van der Waals surface area contributed by atoms with E-state index in [2.05, 4.69) is 4.74 Å². The molecule has 0 saturated heterocycles. The average Bonchev–Trinajstić information content (AvgIpc) is 2.33. The van der Waals surface area contributed by atoms with Crippen LogP contribution in [0.2, 0.25) is 0 Å². The highest BCUT2D eigenvalue weighted by Gasteiger charge is 2.32. The van der Waals surface area contributed by atoms with Crippen molar-refractivity contribution in [2.24, 2.45) is 5.73 Å². The first-order valence-corrected chi connectivity index (χ1v) is 5.40. The van der Waals surface area contributed by atoms with Gasteiger partial charge < -0.3 is 10.5 Å². The SMILES string of the molecule is CCOC(=O)C(F)[C@H](N)c1c(F)ccc(C)c1F.Cl. The fourth-order valence-corrected chi connectivity index (χ4v) is 1.50. The van der Waals surface area contributed by atoms with Crippen LogP contribution in [0.5, 0.6) is 0 Å². The molecule has 7 heteroatoms. The van der Waals surface area contributed by atoms with Gasteiger partial charge in [-0.25, -0.2) is 18.0 Å². The van der Waals surface area contributed by atoms with Crippen LogP contribution < -0.4 is 5.73 Å². The number of aryl methyl sites for hydroxylation is 1. The molecule has 0 aliphatic carbocycles. The van der Waals surface area contributed by atoms with Crippen LogP contribution in [0, 0.1) is 18.6 Å². The van der Waals surface area contributed by atoms with E-state index < -0.39 is 35.4 Å². The normalized spacial score (nSPS) is 13.4. The number of rotatable bonds is 4. The molecule has 0 aliphatic rings. The smallest absolute Gasteiger partial charge is 0.342 e. The topological polar surface area (TPSA) is 52.3 Å². The van der Waals surface area contributed by atoms with Gasteiger partial charge in [0.05, 0.1) is 12.6 Å². The lowest BCUT2D eigenvalue weighted by Gasteiger charge is -2.17. The van der Waals surface area contributed by atoms with E-state index in [4.69, 9.17) is 5.73 Å².